The van der Waals surface area contributed by atoms with Crippen LogP contribution in [0, 0.1) is 5.82 Å². The lowest BCUT2D eigenvalue weighted by molar-refractivity contribution is -0.137. The average Bonchev–Trinajstić information content (AvgIpc) is 3.56. The molecule has 5 rings (SSSR count). The minimum atomic E-state index is -0.927. The number of rotatable bonds is 9. The zero-order valence-electron chi connectivity index (χ0n) is 18.6. The molecule has 7 nitrogen and oxygen atoms in total. The number of hydrogen-bond acceptors (Lipinski definition) is 5. The van der Waals surface area contributed by atoms with Crippen molar-refractivity contribution in [2.24, 2.45) is 0 Å². The number of carboxylic acids is 1. The van der Waals surface area contributed by atoms with Crippen LogP contribution in [0.3, 0.4) is 0 Å². The van der Waals surface area contributed by atoms with Gasteiger partial charge in [0.05, 0.1) is 17.8 Å². The number of carbonyl (C=O) groups is 1. The number of fused-ring (bicyclic) bond motifs is 1. The molecule has 5 aromatic rings. The van der Waals surface area contributed by atoms with E-state index in [1.165, 1.54) is 18.4 Å². The number of halogens is 1. The van der Waals surface area contributed by atoms with Gasteiger partial charge in [0.25, 0.3) is 0 Å². The molecule has 3 heterocycles. The number of H-pyrrole nitrogens is 1. The van der Waals surface area contributed by atoms with Crippen molar-refractivity contribution >= 4 is 17.0 Å². The predicted octanol–water partition coefficient (Wildman–Crippen LogP) is 5.66. The highest BCUT2D eigenvalue weighted by molar-refractivity contribution is 5.75. The maximum absolute atomic E-state index is 13.4. The SMILES string of the molecule is O=C(O)CC(c1ccc(O[C@@H](Cc2ccc(F)cc2)c2ccc3cc[nH]c3n2)cc1)c1ccon1. The first-order valence-electron chi connectivity index (χ1n) is 11.1. The van der Waals surface area contributed by atoms with E-state index in [1.807, 2.05) is 36.5 Å². The van der Waals surface area contributed by atoms with Crippen molar-refractivity contribution in [2.45, 2.75) is 24.9 Å². The first kappa shape index (κ1) is 22.3. The molecule has 0 amide bonds. The van der Waals surface area contributed by atoms with Crippen LogP contribution in [0.1, 0.15) is 41.0 Å². The van der Waals surface area contributed by atoms with Crippen LogP contribution in [0.2, 0.25) is 0 Å². The van der Waals surface area contributed by atoms with Crippen LogP contribution in [0.5, 0.6) is 5.75 Å². The summed E-state index contributed by atoms with van der Waals surface area (Å²) < 4.78 is 24.7. The van der Waals surface area contributed by atoms with E-state index in [1.54, 1.807) is 30.3 Å². The Morgan fingerprint density at radius 2 is 1.80 bits per heavy atom. The molecule has 35 heavy (non-hydrogen) atoms. The normalized spacial score (nSPS) is 12.9. The van der Waals surface area contributed by atoms with Gasteiger partial charge in [0, 0.05) is 30.0 Å². The Morgan fingerprint density at radius 3 is 2.51 bits per heavy atom. The highest BCUT2D eigenvalue weighted by atomic mass is 19.1. The molecule has 0 aliphatic carbocycles. The van der Waals surface area contributed by atoms with E-state index in [0.717, 1.165) is 27.9 Å². The van der Waals surface area contributed by atoms with Gasteiger partial charge in [-0.3, -0.25) is 4.79 Å². The molecule has 3 aromatic heterocycles. The quantitative estimate of drug-likeness (QED) is 0.288. The Balaban J connectivity index is 1.42. The van der Waals surface area contributed by atoms with Crippen molar-refractivity contribution < 1.29 is 23.6 Å². The minimum absolute atomic E-state index is 0.111. The molecule has 0 fully saturated rings. The van der Waals surface area contributed by atoms with E-state index in [0.29, 0.717) is 17.9 Å². The van der Waals surface area contributed by atoms with Crippen molar-refractivity contribution in [1.29, 1.82) is 0 Å². The summed E-state index contributed by atoms with van der Waals surface area (Å²) >= 11 is 0. The lowest BCUT2D eigenvalue weighted by Crippen LogP contribution is -2.13. The van der Waals surface area contributed by atoms with Gasteiger partial charge < -0.3 is 19.4 Å². The Hall–Kier alpha value is -4.46. The number of pyridine rings is 1. The first-order chi connectivity index (χ1) is 17.0. The van der Waals surface area contributed by atoms with Crippen LogP contribution in [-0.4, -0.2) is 26.2 Å². The summed E-state index contributed by atoms with van der Waals surface area (Å²) in [5.74, 6) is -1.06. The number of nitrogens with one attached hydrogen (secondary N) is 1. The summed E-state index contributed by atoms with van der Waals surface area (Å²) in [7, 11) is 0. The monoisotopic (exact) mass is 471 g/mol. The number of aliphatic carboxylic acids is 1. The fourth-order valence-electron chi connectivity index (χ4n) is 4.08. The van der Waals surface area contributed by atoms with Crippen LogP contribution in [-0.2, 0) is 11.2 Å². The number of benzene rings is 2. The van der Waals surface area contributed by atoms with Crippen LogP contribution in [0.25, 0.3) is 11.0 Å². The molecule has 8 heteroatoms. The van der Waals surface area contributed by atoms with Crippen molar-refractivity contribution in [2.75, 3.05) is 0 Å². The topological polar surface area (TPSA) is 101 Å². The minimum Gasteiger partial charge on any atom is -0.484 e. The second-order valence-electron chi connectivity index (χ2n) is 8.23. The van der Waals surface area contributed by atoms with E-state index < -0.39 is 18.0 Å². The Kier molecular flexibility index (Phi) is 6.26. The third-order valence-corrected chi connectivity index (χ3v) is 5.85. The molecule has 0 bridgehead atoms. The second-order valence-corrected chi connectivity index (χ2v) is 8.23. The third-order valence-electron chi connectivity index (χ3n) is 5.85. The zero-order valence-corrected chi connectivity index (χ0v) is 18.6. The lowest BCUT2D eigenvalue weighted by atomic mass is 9.92. The van der Waals surface area contributed by atoms with Gasteiger partial charge in [-0.25, -0.2) is 9.37 Å². The van der Waals surface area contributed by atoms with Crippen molar-refractivity contribution in [3.8, 4) is 5.75 Å². The number of carboxylic acid groups (broad SMARTS) is 1. The van der Waals surface area contributed by atoms with Crippen molar-refractivity contribution in [1.82, 2.24) is 15.1 Å². The molecule has 0 aliphatic rings. The molecule has 0 spiro atoms. The maximum atomic E-state index is 13.4. The number of aromatic amines is 1. The largest absolute Gasteiger partial charge is 0.484 e. The summed E-state index contributed by atoms with van der Waals surface area (Å²) in [6.07, 6.45) is 3.21. The molecule has 2 aromatic carbocycles. The molecule has 176 valence electrons. The van der Waals surface area contributed by atoms with Gasteiger partial charge in [-0.15, -0.1) is 0 Å². The number of ether oxygens (including phenoxy) is 1. The number of aromatic nitrogens is 3. The summed E-state index contributed by atoms with van der Waals surface area (Å²) in [5, 5.41) is 14.3. The zero-order chi connectivity index (χ0) is 24.2. The highest BCUT2D eigenvalue weighted by Gasteiger charge is 2.22. The summed E-state index contributed by atoms with van der Waals surface area (Å²) in [4.78, 5) is 19.2. The van der Waals surface area contributed by atoms with Crippen LogP contribution >= 0.6 is 0 Å². The molecular weight excluding hydrogens is 449 g/mol. The molecule has 0 saturated heterocycles. The summed E-state index contributed by atoms with van der Waals surface area (Å²) in [6, 6.07) is 21.1. The second kappa shape index (κ2) is 9.80. The van der Waals surface area contributed by atoms with Gasteiger partial charge in [-0.1, -0.05) is 29.4 Å². The van der Waals surface area contributed by atoms with Crippen LogP contribution in [0.4, 0.5) is 4.39 Å². The lowest BCUT2D eigenvalue weighted by Gasteiger charge is -2.20. The maximum Gasteiger partial charge on any atom is 0.304 e. The third kappa shape index (κ3) is 5.22. The summed E-state index contributed by atoms with van der Waals surface area (Å²) in [5.41, 5.74) is 3.75. The van der Waals surface area contributed by atoms with E-state index in [9.17, 15) is 14.3 Å². The first-order valence-corrected chi connectivity index (χ1v) is 11.1. The molecule has 0 saturated carbocycles. The molecule has 2 N–H and O–H groups in total. The molecule has 2 atom stereocenters. The Bertz CT molecular complexity index is 1410. The van der Waals surface area contributed by atoms with Gasteiger partial charge in [-0.2, -0.15) is 0 Å². The molecule has 1 unspecified atom stereocenters. The van der Waals surface area contributed by atoms with E-state index in [2.05, 4.69) is 10.1 Å². The molecule has 0 radical (unpaired) electrons. The standard InChI is InChI=1S/C27H22FN3O4/c28-20-6-1-17(2-7-20)15-25(24-10-5-19-11-13-29-27(19)30-24)35-21-8-3-18(4-9-21)22(16-26(32)33)23-12-14-34-31-23/h1-14,22,25H,15-16H2,(H,29,30)(H,32,33)/t22?,25-/m0/s1. The Morgan fingerprint density at radius 1 is 1.00 bits per heavy atom. The number of nitrogens with zero attached hydrogens (tertiary/aromatic N) is 2. The van der Waals surface area contributed by atoms with Crippen LogP contribution < -0.4 is 4.74 Å². The van der Waals surface area contributed by atoms with Gasteiger partial charge in [0.15, 0.2) is 0 Å². The molecular formula is C27H22FN3O4. The summed E-state index contributed by atoms with van der Waals surface area (Å²) in [6.45, 7) is 0. The van der Waals surface area contributed by atoms with Gasteiger partial charge in [-0.05, 0) is 53.6 Å². The van der Waals surface area contributed by atoms with Gasteiger partial charge in [0.2, 0.25) is 0 Å². The fourth-order valence-corrected chi connectivity index (χ4v) is 4.08. The highest BCUT2D eigenvalue weighted by Crippen LogP contribution is 2.31. The van der Waals surface area contributed by atoms with Crippen molar-refractivity contribution in [3.05, 3.63) is 114 Å². The van der Waals surface area contributed by atoms with Crippen molar-refractivity contribution in [3.63, 3.8) is 0 Å². The number of hydrogen-bond donors (Lipinski definition) is 2. The van der Waals surface area contributed by atoms with E-state index in [-0.39, 0.29) is 12.2 Å². The predicted molar refractivity (Wildman–Crippen MR) is 127 cm³/mol. The van der Waals surface area contributed by atoms with E-state index >= 15 is 0 Å². The smallest absolute Gasteiger partial charge is 0.304 e. The fraction of sp³-hybridized carbons (Fsp3) is 0.148. The Labute approximate surface area is 200 Å². The van der Waals surface area contributed by atoms with Crippen LogP contribution in [0.15, 0.2) is 89.8 Å². The van der Waals surface area contributed by atoms with Gasteiger partial charge >= 0.3 is 5.97 Å². The van der Waals surface area contributed by atoms with E-state index in [4.69, 9.17) is 14.2 Å². The van der Waals surface area contributed by atoms with Gasteiger partial charge in [0.1, 0.15) is 29.6 Å². The average molecular weight is 471 g/mol. The molecule has 0 aliphatic heterocycles.